The second kappa shape index (κ2) is 7.66. The molecule has 0 N–H and O–H groups in total. The molecule has 0 heterocycles. The molecule has 0 rings (SSSR count). The lowest BCUT2D eigenvalue weighted by atomic mass is 10.1. The standard InChI is InChI=1S/C12H24N6O2/c1-11(2,3)13-15-17(9-19)7-8-18(10-20)16-14-12(4,5)6/h9-10H,7-8H2,1-6H3. The van der Waals surface area contributed by atoms with E-state index >= 15 is 0 Å². The Morgan fingerprint density at radius 2 is 1.05 bits per heavy atom. The largest absolute Gasteiger partial charge is 0.277 e. The smallest absolute Gasteiger partial charge is 0.231 e. The van der Waals surface area contributed by atoms with E-state index < -0.39 is 0 Å². The Balaban J connectivity index is 4.47. The molecule has 114 valence electrons. The van der Waals surface area contributed by atoms with Crippen molar-refractivity contribution in [1.82, 2.24) is 10.0 Å². The summed E-state index contributed by atoms with van der Waals surface area (Å²) >= 11 is 0. The van der Waals surface area contributed by atoms with Crippen LogP contribution in [0.2, 0.25) is 0 Å². The molecule has 0 aromatic rings. The van der Waals surface area contributed by atoms with E-state index in [-0.39, 0.29) is 24.2 Å². The van der Waals surface area contributed by atoms with Gasteiger partial charge in [-0.25, -0.2) is 10.0 Å². The molecule has 0 atom stereocenters. The first-order valence-corrected chi connectivity index (χ1v) is 6.37. The third-order valence-electron chi connectivity index (χ3n) is 1.72. The SMILES string of the molecule is CC(C)(C)N=NN(C=O)CCN(C=O)N=NC(C)(C)C. The van der Waals surface area contributed by atoms with Crippen LogP contribution in [0.3, 0.4) is 0 Å². The molecular formula is C12H24N6O2. The Labute approximate surface area is 119 Å². The average molecular weight is 284 g/mol. The molecule has 0 aliphatic rings. The third-order valence-corrected chi connectivity index (χ3v) is 1.72. The normalized spacial score (nSPS) is 12.9. The van der Waals surface area contributed by atoms with Crippen molar-refractivity contribution in [2.24, 2.45) is 20.7 Å². The number of rotatable bonds is 7. The lowest BCUT2D eigenvalue weighted by molar-refractivity contribution is -0.122. The fourth-order valence-electron chi connectivity index (χ4n) is 0.825. The van der Waals surface area contributed by atoms with Crippen LogP contribution in [-0.2, 0) is 9.59 Å². The number of amides is 2. The number of carbonyl (C=O) groups excluding carboxylic acids is 2. The molecule has 0 aromatic heterocycles. The van der Waals surface area contributed by atoms with Gasteiger partial charge in [0.1, 0.15) is 0 Å². The van der Waals surface area contributed by atoms with Gasteiger partial charge in [0.05, 0.1) is 24.2 Å². The van der Waals surface area contributed by atoms with Crippen LogP contribution in [0.15, 0.2) is 20.7 Å². The maximum Gasteiger partial charge on any atom is 0.231 e. The van der Waals surface area contributed by atoms with Crippen molar-refractivity contribution in [1.29, 1.82) is 0 Å². The topological polar surface area (TPSA) is 90.1 Å². The number of hydrogen-bond donors (Lipinski definition) is 0. The first-order valence-electron chi connectivity index (χ1n) is 6.37. The van der Waals surface area contributed by atoms with Gasteiger partial charge in [0.15, 0.2) is 0 Å². The van der Waals surface area contributed by atoms with Crippen molar-refractivity contribution in [2.75, 3.05) is 13.1 Å². The summed E-state index contributed by atoms with van der Waals surface area (Å²) in [4.78, 5) is 21.7. The van der Waals surface area contributed by atoms with E-state index in [0.29, 0.717) is 12.8 Å². The van der Waals surface area contributed by atoms with E-state index in [0.717, 1.165) is 10.0 Å². The maximum atomic E-state index is 10.9. The summed E-state index contributed by atoms with van der Waals surface area (Å²) in [5.74, 6) is 0. The Morgan fingerprint density at radius 1 is 0.750 bits per heavy atom. The number of carbonyl (C=O) groups is 2. The second-order valence-electron chi connectivity index (χ2n) is 6.26. The van der Waals surface area contributed by atoms with Crippen LogP contribution >= 0.6 is 0 Å². The summed E-state index contributed by atoms with van der Waals surface area (Å²) in [6.45, 7) is 11.6. The molecule has 0 aliphatic heterocycles. The molecule has 8 heteroatoms. The lowest BCUT2D eigenvalue weighted by Gasteiger charge is -2.17. The molecule has 0 saturated carbocycles. The fourth-order valence-corrected chi connectivity index (χ4v) is 0.825. The summed E-state index contributed by atoms with van der Waals surface area (Å²) in [5.41, 5.74) is -0.727. The van der Waals surface area contributed by atoms with Gasteiger partial charge in [-0.15, -0.1) is 0 Å². The summed E-state index contributed by atoms with van der Waals surface area (Å²) < 4.78 is 0. The fraction of sp³-hybridized carbons (Fsp3) is 0.833. The van der Waals surface area contributed by atoms with Crippen LogP contribution in [0.25, 0.3) is 0 Å². The molecule has 0 fully saturated rings. The van der Waals surface area contributed by atoms with Crippen molar-refractivity contribution in [3.8, 4) is 0 Å². The van der Waals surface area contributed by atoms with Gasteiger partial charge < -0.3 is 0 Å². The van der Waals surface area contributed by atoms with Crippen molar-refractivity contribution in [2.45, 2.75) is 52.6 Å². The number of nitrogens with zero attached hydrogens (tertiary/aromatic N) is 6. The van der Waals surface area contributed by atoms with Crippen molar-refractivity contribution >= 4 is 12.8 Å². The Kier molecular flexibility index (Phi) is 6.95. The van der Waals surface area contributed by atoms with Crippen LogP contribution in [0.4, 0.5) is 0 Å². The highest BCUT2D eigenvalue weighted by molar-refractivity contribution is 5.47. The van der Waals surface area contributed by atoms with Gasteiger partial charge in [0.2, 0.25) is 12.8 Å². The van der Waals surface area contributed by atoms with Crippen molar-refractivity contribution < 1.29 is 9.59 Å². The minimum Gasteiger partial charge on any atom is -0.277 e. The summed E-state index contributed by atoms with van der Waals surface area (Å²) in [5, 5.41) is 17.8. The highest BCUT2D eigenvalue weighted by atomic mass is 16.2. The molecule has 0 saturated heterocycles. The molecule has 2 amide bonds. The van der Waals surface area contributed by atoms with Crippen molar-refractivity contribution in [3.05, 3.63) is 0 Å². The van der Waals surface area contributed by atoms with E-state index in [1.54, 1.807) is 0 Å². The number of hydrogen-bond acceptors (Lipinski definition) is 6. The summed E-state index contributed by atoms with van der Waals surface area (Å²) in [6.07, 6.45) is 1.11. The molecular weight excluding hydrogens is 260 g/mol. The molecule has 0 aromatic carbocycles. The van der Waals surface area contributed by atoms with Gasteiger partial charge in [0.25, 0.3) is 0 Å². The van der Waals surface area contributed by atoms with Gasteiger partial charge >= 0.3 is 0 Å². The van der Waals surface area contributed by atoms with Crippen molar-refractivity contribution in [3.63, 3.8) is 0 Å². The molecule has 0 unspecified atom stereocenters. The summed E-state index contributed by atoms with van der Waals surface area (Å²) in [6, 6.07) is 0. The van der Waals surface area contributed by atoms with E-state index in [2.05, 4.69) is 20.7 Å². The first kappa shape index (κ1) is 18.1. The van der Waals surface area contributed by atoms with E-state index in [1.807, 2.05) is 41.5 Å². The molecule has 0 spiro atoms. The molecule has 8 nitrogen and oxygen atoms in total. The Hall–Kier alpha value is -1.86. The van der Waals surface area contributed by atoms with Gasteiger partial charge in [0, 0.05) is 0 Å². The van der Waals surface area contributed by atoms with Gasteiger partial charge in [-0.05, 0) is 41.5 Å². The second-order valence-corrected chi connectivity index (χ2v) is 6.26. The van der Waals surface area contributed by atoms with Gasteiger partial charge in [-0.1, -0.05) is 10.4 Å². The Bertz CT molecular complexity index is 331. The monoisotopic (exact) mass is 284 g/mol. The van der Waals surface area contributed by atoms with Crippen LogP contribution < -0.4 is 0 Å². The highest BCUT2D eigenvalue weighted by Gasteiger charge is 2.11. The minimum atomic E-state index is -0.364. The van der Waals surface area contributed by atoms with Gasteiger partial charge in [-0.3, -0.25) is 9.59 Å². The minimum absolute atomic E-state index is 0.199. The third kappa shape index (κ3) is 10.1. The average Bonchev–Trinajstić information content (AvgIpc) is 2.30. The lowest BCUT2D eigenvalue weighted by Crippen LogP contribution is -2.29. The summed E-state index contributed by atoms with van der Waals surface area (Å²) in [7, 11) is 0. The molecule has 20 heavy (non-hydrogen) atoms. The Morgan fingerprint density at radius 3 is 1.25 bits per heavy atom. The van der Waals surface area contributed by atoms with Crippen LogP contribution in [0.1, 0.15) is 41.5 Å². The zero-order chi connectivity index (χ0) is 15.8. The molecule has 0 radical (unpaired) electrons. The first-order chi connectivity index (χ1) is 9.07. The maximum absolute atomic E-state index is 10.9. The van der Waals surface area contributed by atoms with Crippen LogP contribution in [-0.4, -0.2) is 47.0 Å². The highest BCUT2D eigenvalue weighted by Crippen LogP contribution is 2.08. The quantitative estimate of drug-likeness (QED) is 0.407. The molecule has 0 aliphatic carbocycles. The predicted molar refractivity (Wildman–Crippen MR) is 74.8 cm³/mol. The van der Waals surface area contributed by atoms with Crippen LogP contribution in [0.5, 0.6) is 0 Å². The predicted octanol–water partition coefficient (Wildman–Crippen LogP) is 2.23. The van der Waals surface area contributed by atoms with E-state index in [4.69, 9.17) is 0 Å². The zero-order valence-electron chi connectivity index (χ0n) is 13.1. The molecule has 0 bridgehead atoms. The van der Waals surface area contributed by atoms with Crippen LogP contribution in [0, 0.1) is 0 Å². The van der Waals surface area contributed by atoms with E-state index in [1.165, 1.54) is 0 Å². The van der Waals surface area contributed by atoms with E-state index in [9.17, 15) is 9.59 Å². The zero-order valence-corrected chi connectivity index (χ0v) is 13.1. The van der Waals surface area contributed by atoms with Gasteiger partial charge in [-0.2, -0.15) is 10.2 Å².